The second-order valence-electron chi connectivity index (χ2n) is 5.24. The molecule has 0 spiro atoms. The van der Waals surface area contributed by atoms with Gasteiger partial charge in [0.05, 0.1) is 17.7 Å². The van der Waals surface area contributed by atoms with Crippen LogP contribution in [0.15, 0.2) is 42.5 Å². The van der Waals surface area contributed by atoms with E-state index in [9.17, 15) is 18.7 Å². The minimum atomic E-state index is -1.02. The number of carbonyl (C=O) groups is 1. The highest BCUT2D eigenvalue weighted by atomic mass is 19.1. The van der Waals surface area contributed by atoms with Crippen molar-refractivity contribution < 1.29 is 18.7 Å². The zero-order chi connectivity index (χ0) is 16.3. The summed E-state index contributed by atoms with van der Waals surface area (Å²) in [6.07, 6.45) is -1.02. The van der Waals surface area contributed by atoms with Crippen LogP contribution >= 0.6 is 0 Å². The summed E-state index contributed by atoms with van der Waals surface area (Å²) in [5, 5.41) is 12.7. The van der Waals surface area contributed by atoms with Crippen molar-refractivity contribution in [3.63, 3.8) is 0 Å². The van der Waals surface area contributed by atoms with Gasteiger partial charge in [-0.3, -0.25) is 4.79 Å². The smallest absolute Gasteiger partial charge is 0.254 e. The number of aliphatic hydroxyl groups excluding tert-OH is 1. The van der Waals surface area contributed by atoms with Crippen LogP contribution in [-0.4, -0.2) is 17.1 Å². The molecule has 0 aromatic heterocycles. The monoisotopic (exact) mass is 305 g/mol. The molecule has 2 unspecified atom stereocenters. The number of benzene rings is 2. The first-order valence-electron chi connectivity index (χ1n) is 6.89. The molecule has 116 valence electrons. The van der Waals surface area contributed by atoms with Gasteiger partial charge in [-0.25, -0.2) is 8.78 Å². The molecule has 2 aromatic carbocycles. The lowest BCUT2D eigenvalue weighted by atomic mass is 10.0. The van der Waals surface area contributed by atoms with Crippen LogP contribution in [0.1, 0.15) is 34.5 Å². The highest BCUT2D eigenvalue weighted by Gasteiger charge is 2.20. The fraction of sp³-hybridized carbons (Fsp3) is 0.235. The molecule has 0 saturated carbocycles. The molecule has 0 saturated heterocycles. The van der Waals surface area contributed by atoms with Crippen molar-refractivity contribution in [1.29, 1.82) is 0 Å². The molecule has 22 heavy (non-hydrogen) atoms. The van der Waals surface area contributed by atoms with E-state index in [4.69, 9.17) is 0 Å². The van der Waals surface area contributed by atoms with Crippen LogP contribution in [0.3, 0.4) is 0 Å². The quantitative estimate of drug-likeness (QED) is 0.912. The molecule has 0 aliphatic rings. The first-order valence-corrected chi connectivity index (χ1v) is 6.89. The van der Waals surface area contributed by atoms with Crippen LogP contribution in [0, 0.1) is 18.6 Å². The fourth-order valence-corrected chi connectivity index (χ4v) is 2.13. The predicted octanol–water partition coefficient (Wildman–Crippen LogP) is 3.13. The number of aryl methyl sites for hydroxylation is 1. The largest absolute Gasteiger partial charge is 0.386 e. The molecule has 0 aliphatic carbocycles. The number of aliphatic hydroxyl groups is 1. The summed E-state index contributed by atoms with van der Waals surface area (Å²) in [4.78, 5) is 12.1. The Morgan fingerprint density at radius 2 is 1.77 bits per heavy atom. The van der Waals surface area contributed by atoms with Crippen molar-refractivity contribution in [1.82, 2.24) is 5.32 Å². The highest BCUT2D eigenvalue weighted by Crippen LogP contribution is 2.18. The summed E-state index contributed by atoms with van der Waals surface area (Å²) in [6, 6.07) is 8.93. The lowest BCUT2D eigenvalue weighted by Crippen LogP contribution is -2.37. The van der Waals surface area contributed by atoms with Gasteiger partial charge in [-0.15, -0.1) is 0 Å². The van der Waals surface area contributed by atoms with E-state index < -0.39 is 29.7 Å². The molecule has 2 rings (SSSR count). The Kier molecular flexibility index (Phi) is 4.88. The van der Waals surface area contributed by atoms with Crippen LogP contribution in [-0.2, 0) is 0 Å². The SMILES string of the molecule is Cc1ccc(F)c(C(=O)NC(C)C(O)c2ccc(F)cc2)c1. The van der Waals surface area contributed by atoms with E-state index >= 15 is 0 Å². The average Bonchev–Trinajstić information content (AvgIpc) is 2.49. The molecule has 0 aliphatic heterocycles. The lowest BCUT2D eigenvalue weighted by Gasteiger charge is -2.21. The maximum Gasteiger partial charge on any atom is 0.254 e. The Hall–Kier alpha value is -2.27. The van der Waals surface area contributed by atoms with Crippen molar-refractivity contribution in [2.45, 2.75) is 26.0 Å². The Labute approximate surface area is 127 Å². The highest BCUT2D eigenvalue weighted by molar-refractivity contribution is 5.94. The molecule has 0 radical (unpaired) electrons. The first-order chi connectivity index (χ1) is 10.4. The number of hydrogen-bond acceptors (Lipinski definition) is 2. The second-order valence-corrected chi connectivity index (χ2v) is 5.24. The van der Waals surface area contributed by atoms with E-state index in [0.29, 0.717) is 5.56 Å². The van der Waals surface area contributed by atoms with E-state index in [-0.39, 0.29) is 5.56 Å². The molecule has 2 aromatic rings. The molecule has 2 atom stereocenters. The summed E-state index contributed by atoms with van der Waals surface area (Å²) in [7, 11) is 0. The molecular formula is C17H17F2NO2. The lowest BCUT2D eigenvalue weighted by molar-refractivity contribution is 0.0848. The van der Waals surface area contributed by atoms with Gasteiger partial charge in [0, 0.05) is 0 Å². The van der Waals surface area contributed by atoms with Crippen LogP contribution in [0.25, 0.3) is 0 Å². The van der Waals surface area contributed by atoms with Gasteiger partial charge in [-0.1, -0.05) is 23.8 Å². The molecule has 2 N–H and O–H groups in total. The van der Waals surface area contributed by atoms with Crippen LogP contribution in [0.4, 0.5) is 8.78 Å². The van der Waals surface area contributed by atoms with E-state index in [2.05, 4.69) is 5.32 Å². The van der Waals surface area contributed by atoms with Gasteiger partial charge < -0.3 is 10.4 Å². The summed E-state index contributed by atoms with van der Waals surface area (Å²) < 4.78 is 26.5. The molecular weight excluding hydrogens is 288 g/mol. The third-order valence-corrected chi connectivity index (χ3v) is 3.41. The Morgan fingerprint density at radius 3 is 2.41 bits per heavy atom. The predicted molar refractivity (Wildman–Crippen MR) is 79.4 cm³/mol. The molecule has 1 amide bonds. The molecule has 5 heteroatoms. The zero-order valence-corrected chi connectivity index (χ0v) is 12.3. The average molecular weight is 305 g/mol. The number of halogens is 2. The topological polar surface area (TPSA) is 49.3 Å². The van der Waals surface area contributed by atoms with Gasteiger partial charge in [-0.2, -0.15) is 0 Å². The normalized spacial score (nSPS) is 13.5. The molecule has 0 heterocycles. The Morgan fingerprint density at radius 1 is 1.14 bits per heavy atom. The fourth-order valence-electron chi connectivity index (χ4n) is 2.13. The van der Waals surface area contributed by atoms with Gasteiger partial charge in [0.15, 0.2) is 0 Å². The summed E-state index contributed by atoms with van der Waals surface area (Å²) in [5.41, 5.74) is 1.16. The maximum atomic E-state index is 13.7. The van der Waals surface area contributed by atoms with Crippen LogP contribution in [0.5, 0.6) is 0 Å². The summed E-state index contributed by atoms with van der Waals surface area (Å²) >= 11 is 0. The van der Waals surface area contributed by atoms with E-state index in [1.165, 1.54) is 36.4 Å². The number of amides is 1. The third-order valence-electron chi connectivity index (χ3n) is 3.41. The van der Waals surface area contributed by atoms with Crippen LogP contribution < -0.4 is 5.32 Å². The van der Waals surface area contributed by atoms with Crippen molar-refractivity contribution in [2.75, 3.05) is 0 Å². The minimum absolute atomic E-state index is 0.0712. The Bertz CT molecular complexity index is 671. The summed E-state index contributed by atoms with van der Waals surface area (Å²) in [5.74, 6) is -1.63. The van der Waals surface area contributed by atoms with E-state index in [0.717, 1.165) is 5.56 Å². The minimum Gasteiger partial charge on any atom is -0.386 e. The van der Waals surface area contributed by atoms with Crippen molar-refractivity contribution >= 4 is 5.91 Å². The van der Waals surface area contributed by atoms with E-state index in [1.54, 1.807) is 19.9 Å². The first kappa shape index (κ1) is 16.1. The standard InChI is InChI=1S/C17H17F2NO2/c1-10-3-8-15(19)14(9-10)17(22)20-11(2)16(21)12-4-6-13(18)7-5-12/h3-9,11,16,21H,1-2H3,(H,20,22). The number of rotatable bonds is 4. The van der Waals surface area contributed by atoms with Crippen molar-refractivity contribution in [3.05, 3.63) is 70.8 Å². The van der Waals surface area contributed by atoms with Crippen LogP contribution in [0.2, 0.25) is 0 Å². The van der Waals surface area contributed by atoms with Gasteiger partial charge in [0.25, 0.3) is 5.91 Å². The van der Waals surface area contributed by atoms with Gasteiger partial charge in [-0.05, 0) is 43.7 Å². The van der Waals surface area contributed by atoms with Gasteiger partial charge in [0.1, 0.15) is 11.6 Å². The third kappa shape index (κ3) is 3.68. The number of carbonyl (C=O) groups excluding carboxylic acids is 1. The molecule has 3 nitrogen and oxygen atoms in total. The van der Waals surface area contributed by atoms with Crippen molar-refractivity contribution in [2.24, 2.45) is 0 Å². The second kappa shape index (κ2) is 6.66. The number of nitrogens with one attached hydrogen (secondary N) is 1. The Balaban J connectivity index is 2.10. The van der Waals surface area contributed by atoms with Gasteiger partial charge >= 0.3 is 0 Å². The summed E-state index contributed by atoms with van der Waals surface area (Å²) in [6.45, 7) is 3.35. The van der Waals surface area contributed by atoms with E-state index in [1.807, 2.05) is 0 Å². The maximum absolute atomic E-state index is 13.7. The molecule has 0 bridgehead atoms. The zero-order valence-electron chi connectivity index (χ0n) is 12.3. The number of hydrogen-bond donors (Lipinski definition) is 2. The van der Waals surface area contributed by atoms with Gasteiger partial charge in [0.2, 0.25) is 0 Å². The van der Waals surface area contributed by atoms with Crippen molar-refractivity contribution in [3.8, 4) is 0 Å². The molecule has 0 fully saturated rings.